The molecule has 118 valence electrons. The Balaban J connectivity index is 2.52. The number of esters is 1. The van der Waals surface area contributed by atoms with E-state index in [9.17, 15) is 13.6 Å². The zero-order chi connectivity index (χ0) is 16.3. The summed E-state index contributed by atoms with van der Waals surface area (Å²) in [6.45, 7) is 0. The molecule has 0 aliphatic heterocycles. The highest BCUT2D eigenvalue weighted by Gasteiger charge is 2.23. The monoisotopic (exact) mass is 438 g/mol. The zero-order valence-electron chi connectivity index (χ0n) is 11.5. The molecule has 0 amide bonds. The van der Waals surface area contributed by atoms with Gasteiger partial charge < -0.3 is 13.9 Å². The molecule has 22 heavy (non-hydrogen) atoms. The molecule has 10 heteroatoms. The topological polar surface area (TPSA) is 102 Å². The number of benzene rings is 1. The Morgan fingerprint density at radius 2 is 2.18 bits per heavy atom. The predicted molar refractivity (Wildman–Crippen MR) is 86.5 cm³/mol. The number of ether oxygens (including phenoxy) is 2. The summed E-state index contributed by atoms with van der Waals surface area (Å²) >= 11 is -0.575. The maximum atomic E-state index is 11.7. The summed E-state index contributed by atoms with van der Waals surface area (Å²) in [6.07, 6.45) is 1.24. The van der Waals surface area contributed by atoms with Gasteiger partial charge in [-0.05, 0) is 18.2 Å². The second-order valence-electron chi connectivity index (χ2n) is 3.86. The number of halogens is 1. The van der Waals surface area contributed by atoms with Gasteiger partial charge in [0.05, 0.1) is 19.8 Å². The minimum absolute atomic E-state index is 0.134. The molecule has 0 fully saturated rings. The molecule has 8 nitrogen and oxygen atoms in total. The molecule has 0 radical (unpaired) electrons. The summed E-state index contributed by atoms with van der Waals surface area (Å²) in [7, 11) is 2.64. The van der Waals surface area contributed by atoms with E-state index in [1.165, 1.54) is 38.7 Å². The van der Waals surface area contributed by atoms with Crippen molar-refractivity contribution in [2.24, 2.45) is 0 Å². The molecule has 0 saturated carbocycles. The molecule has 1 unspecified atom stereocenters. The summed E-state index contributed by atoms with van der Waals surface area (Å²) in [5.74, 6) is -0.199. The van der Waals surface area contributed by atoms with Crippen molar-refractivity contribution in [3.63, 3.8) is 0 Å². The van der Waals surface area contributed by atoms with Crippen LogP contribution in [-0.4, -0.2) is 33.9 Å². The van der Waals surface area contributed by atoms with Crippen LogP contribution in [0.15, 0.2) is 28.9 Å². The lowest BCUT2D eigenvalue weighted by Crippen LogP contribution is -2.20. The van der Waals surface area contributed by atoms with Gasteiger partial charge in [0.15, 0.2) is 5.82 Å². The van der Waals surface area contributed by atoms with Crippen LogP contribution in [0, 0.1) is 3.90 Å². The van der Waals surface area contributed by atoms with Gasteiger partial charge in [0, 0.05) is 22.6 Å². The number of anilines is 2. The van der Waals surface area contributed by atoms with Crippen molar-refractivity contribution in [3.05, 3.63) is 33.9 Å². The molecular weight excluding hydrogens is 427 g/mol. The fourth-order valence-corrected chi connectivity index (χ4v) is 2.65. The molecular formula is C12H11IN2O6S. The maximum absolute atomic E-state index is 11.7. The number of aromatic nitrogens is 1. The summed E-state index contributed by atoms with van der Waals surface area (Å²) in [6, 6.07) is 4.32. The minimum atomic E-state index is -2.41. The van der Waals surface area contributed by atoms with E-state index in [1.54, 1.807) is 0 Å². The first-order valence-corrected chi connectivity index (χ1v) is 7.90. The van der Waals surface area contributed by atoms with Crippen LogP contribution in [0.3, 0.4) is 0 Å². The molecule has 1 N–H and O–H groups in total. The third kappa shape index (κ3) is 3.39. The maximum Gasteiger partial charge on any atom is 0.337 e. The molecule has 2 rings (SSSR count). The molecule has 0 bridgehead atoms. The lowest BCUT2D eigenvalue weighted by molar-refractivity contribution is 0.0600. The average Bonchev–Trinajstić information content (AvgIpc) is 2.92. The molecule has 0 spiro atoms. The third-order valence-corrected chi connectivity index (χ3v) is 3.84. The van der Waals surface area contributed by atoms with E-state index >= 15 is 0 Å². The van der Waals surface area contributed by atoms with Crippen molar-refractivity contribution < 1.29 is 27.4 Å². The number of nitrogens with zero attached hydrogens (tertiary/aromatic N) is 2. The second-order valence-corrected chi connectivity index (χ2v) is 5.61. The van der Waals surface area contributed by atoms with E-state index in [-0.39, 0.29) is 22.8 Å². The van der Waals surface area contributed by atoms with Crippen molar-refractivity contribution in [3.8, 4) is 5.75 Å². The van der Waals surface area contributed by atoms with Gasteiger partial charge in [-0.25, -0.2) is 13.3 Å². The molecule has 0 aliphatic carbocycles. The number of oxazole rings is 1. The fourth-order valence-electron chi connectivity index (χ4n) is 1.72. The molecule has 1 aromatic carbocycles. The highest BCUT2D eigenvalue weighted by Crippen LogP contribution is 2.35. The number of hydrogen-bond acceptors (Lipinski definition) is 6. The van der Waals surface area contributed by atoms with Gasteiger partial charge in [-0.3, -0.25) is 4.55 Å². The van der Waals surface area contributed by atoms with Gasteiger partial charge in [-0.1, -0.05) is 0 Å². The van der Waals surface area contributed by atoms with Gasteiger partial charge in [0.2, 0.25) is 0 Å². The summed E-state index contributed by atoms with van der Waals surface area (Å²) in [5.41, 5.74) is 0.502. The van der Waals surface area contributed by atoms with E-state index in [0.29, 0.717) is 3.90 Å². The summed E-state index contributed by atoms with van der Waals surface area (Å²) < 4.78 is 37.4. The number of methoxy groups -OCH3 is 2. The quantitative estimate of drug-likeness (QED) is 0.435. The van der Waals surface area contributed by atoms with Crippen LogP contribution in [-0.2, 0) is 16.0 Å². The van der Waals surface area contributed by atoms with Crippen LogP contribution in [0.5, 0.6) is 5.75 Å². The van der Waals surface area contributed by atoms with Crippen LogP contribution in [0.1, 0.15) is 10.4 Å². The first-order valence-electron chi connectivity index (χ1n) is 5.76. The second kappa shape index (κ2) is 7.07. The van der Waals surface area contributed by atoms with Crippen molar-refractivity contribution in [2.75, 3.05) is 18.5 Å². The van der Waals surface area contributed by atoms with Gasteiger partial charge >= 0.3 is 5.97 Å². The van der Waals surface area contributed by atoms with Crippen LogP contribution in [0.4, 0.5) is 11.5 Å². The van der Waals surface area contributed by atoms with Crippen LogP contribution in [0.25, 0.3) is 0 Å². The Morgan fingerprint density at radius 3 is 2.68 bits per heavy atom. The van der Waals surface area contributed by atoms with Crippen molar-refractivity contribution in [1.82, 2.24) is 4.98 Å². The Hall–Kier alpha value is -1.66. The SMILES string of the molecule is COC(=O)c1ccc(N(c2coc(I)n2)S(=O)O)c(OC)c1. The van der Waals surface area contributed by atoms with E-state index in [1.807, 2.05) is 22.6 Å². The normalized spacial score (nSPS) is 11.8. The van der Waals surface area contributed by atoms with E-state index in [4.69, 9.17) is 9.15 Å². The number of rotatable bonds is 5. The average molecular weight is 438 g/mol. The van der Waals surface area contributed by atoms with Gasteiger partial charge in [0.25, 0.3) is 15.2 Å². The molecule has 2 aromatic rings. The summed E-state index contributed by atoms with van der Waals surface area (Å²) in [4.78, 5) is 15.5. The first kappa shape index (κ1) is 16.7. The van der Waals surface area contributed by atoms with Gasteiger partial charge in [0.1, 0.15) is 17.7 Å². The highest BCUT2D eigenvalue weighted by molar-refractivity contribution is 14.1. The van der Waals surface area contributed by atoms with Crippen molar-refractivity contribution >= 4 is 51.3 Å². The van der Waals surface area contributed by atoms with Gasteiger partial charge in [-0.2, -0.15) is 4.98 Å². The Bertz CT molecular complexity index is 719. The van der Waals surface area contributed by atoms with E-state index < -0.39 is 17.2 Å². The van der Waals surface area contributed by atoms with Gasteiger partial charge in [-0.15, -0.1) is 0 Å². The Morgan fingerprint density at radius 1 is 1.45 bits per heavy atom. The molecule has 0 saturated heterocycles. The molecule has 1 heterocycles. The molecule has 1 atom stereocenters. The highest BCUT2D eigenvalue weighted by atomic mass is 127. The largest absolute Gasteiger partial charge is 0.495 e. The Kier molecular flexibility index (Phi) is 5.37. The first-order chi connectivity index (χ1) is 10.5. The standard InChI is InChI=1S/C12H11IN2O6S/c1-19-9-5-7(11(16)20-2)3-4-8(9)15(22(17)18)10-6-21-12(13)14-10/h3-6H,1-2H3,(H,17,18). The number of hydrogen-bond donors (Lipinski definition) is 1. The van der Waals surface area contributed by atoms with Crippen LogP contribution >= 0.6 is 22.6 Å². The number of carbonyl (C=O) groups excluding carboxylic acids is 1. The fraction of sp³-hybridized carbons (Fsp3) is 0.167. The number of carbonyl (C=O) groups is 1. The lowest BCUT2D eigenvalue weighted by Gasteiger charge is -2.19. The molecule has 0 aliphatic rings. The van der Waals surface area contributed by atoms with Crippen LogP contribution in [0.2, 0.25) is 0 Å². The molecule has 1 aromatic heterocycles. The third-order valence-electron chi connectivity index (χ3n) is 2.65. The summed E-state index contributed by atoms with van der Waals surface area (Å²) in [5, 5.41) is 0. The van der Waals surface area contributed by atoms with Crippen LogP contribution < -0.4 is 9.04 Å². The predicted octanol–water partition coefficient (Wildman–Crippen LogP) is 2.35. The Labute approximate surface area is 142 Å². The minimum Gasteiger partial charge on any atom is -0.495 e. The van der Waals surface area contributed by atoms with Crippen molar-refractivity contribution in [2.45, 2.75) is 0 Å². The van der Waals surface area contributed by atoms with Crippen molar-refractivity contribution in [1.29, 1.82) is 0 Å². The lowest BCUT2D eigenvalue weighted by atomic mass is 10.2. The van der Waals surface area contributed by atoms with E-state index in [2.05, 4.69) is 9.72 Å². The smallest absolute Gasteiger partial charge is 0.337 e. The van der Waals surface area contributed by atoms with E-state index in [0.717, 1.165) is 4.31 Å². The zero-order valence-corrected chi connectivity index (χ0v) is 14.5.